The third-order valence-corrected chi connectivity index (χ3v) is 5.18. The average Bonchev–Trinajstić information content (AvgIpc) is 2.65. The molecule has 6 heteroatoms. The van der Waals surface area contributed by atoms with E-state index in [4.69, 9.17) is 0 Å². The molecule has 26 heavy (non-hydrogen) atoms. The van der Waals surface area contributed by atoms with Crippen LogP contribution in [0.5, 0.6) is 0 Å². The smallest absolute Gasteiger partial charge is 0.256 e. The van der Waals surface area contributed by atoms with Gasteiger partial charge in [0.05, 0.1) is 16.8 Å². The zero-order chi connectivity index (χ0) is 18.5. The Labute approximate surface area is 163 Å². The number of hydrogen-bond acceptors (Lipinski definition) is 3. The summed E-state index contributed by atoms with van der Waals surface area (Å²) in [5.74, 6) is -0.934. The Bertz CT molecular complexity index is 1020. The van der Waals surface area contributed by atoms with E-state index >= 15 is 0 Å². The Morgan fingerprint density at radius 2 is 1.73 bits per heavy atom. The van der Waals surface area contributed by atoms with Gasteiger partial charge in [-0.2, -0.15) is 5.26 Å². The lowest BCUT2D eigenvalue weighted by Gasteiger charge is -2.11. The molecule has 0 radical (unpaired) electrons. The molecule has 0 spiro atoms. The molecule has 0 fully saturated rings. The van der Waals surface area contributed by atoms with Gasteiger partial charge in [0, 0.05) is 14.3 Å². The quantitative estimate of drug-likeness (QED) is 0.567. The fourth-order valence-electron chi connectivity index (χ4n) is 2.29. The van der Waals surface area contributed by atoms with Gasteiger partial charge in [0.2, 0.25) is 0 Å². The van der Waals surface area contributed by atoms with Gasteiger partial charge in [-0.25, -0.2) is 4.39 Å². The Morgan fingerprint density at radius 3 is 2.46 bits per heavy atom. The minimum absolute atomic E-state index is 0.107. The lowest BCUT2D eigenvalue weighted by Crippen LogP contribution is -2.14. The van der Waals surface area contributed by atoms with E-state index in [1.54, 1.807) is 36.4 Å². The molecule has 0 saturated carbocycles. The summed E-state index contributed by atoms with van der Waals surface area (Å²) in [6.07, 6.45) is 0. The number of carbonyl (C=O) groups excluding carboxylic acids is 1. The number of hydrogen-bond donors (Lipinski definition) is 1. The monoisotopic (exact) mass is 426 g/mol. The summed E-state index contributed by atoms with van der Waals surface area (Å²) in [5, 5.41) is 11.8. The highest BCUT2D eigenvalue weighted by Crippen LogP contribution is 2.33. The lowest BCUT2D eigenvalue weighted by atomic mass is 10.2. The van der Waals surface area contributed by atoms with Crippen LogP contribution in [0.2, 0.25) is 0 Å². The van der Waals surface area contributed by atoms with E-state index in [0.29, 0.717) is 20.5 Å². The van der Waals surface area contributed by atoms with Crippen molar-refractivity contribution >= 4 is 39.3 Å². The molecule has 0 saturated heterocycles. The fourth-order valence-corrected chi connectivity index (χ4v) is 3.65. The molecule has 3 aromatic rings. The largest absolute Gasteiger partial charge is 0.319 e. The van der Waals surface area contributed by atoms with E-state index in [1.165, 1.54) is 23.9 Å². The van der Waals surface area contributed by atoms with Gasteiger partial charge < -0.3 is 5.32 Å². The number of amides is 1. The van der Waals surface area contributed by atoms with Gasteiger partial charge in [-0.1, -0.05) is 52.0 Å². The molecule has 0 unspecified atom stereocenters. The van der Waals surface area contributed by atoms with Crippen molar-refractivity contribution in [3.05, 3.63) is 88.1 Å². The Kier molecular flexibility index (Phi) is 5.71. The summed E-state index contributed by atoms with van der Waals surface area (Å²) in [7, 11) is 0. The predicted molar refractivity (Wildman–Crippen MR) is 104 cm³/mol. The van der Waals surface area contributed by atoms with E-state index in [1.807, 2.05) is 18.2 Å². The molecular formula is C20H12BrFN2OS. The zero-order valence-corrected chi connectivity index (χ0v) is 15.8. The van der Waals surface area contributed by atoms with E-state index in [2.05, 4.69) is 27.3 Å². The second-order valence-electron chi connectivity index (χ2n) is 5.28. The normalized spacial score (nSPS) is 10.2. The molecule has 3 aromatic carbocycles. The summed E-state index contributed by atoms with van der Waals surface area (Å²) >= 11 is 4.51. The van der Waals surface area contributed by atoms with Crippen molar-refractivity contribution in [3.8, 4) is 6.07 Å². The third-order valence-electron chi connectivity index (χ3n) is 3.54. The summed E-state index contributed by atoms with van der Waals surface area (Å²) in [6, 6.07) is 20.8. The first kappa shape index (κ1) is 18.2. The van der Waals surface area contributed by atoms with Gasteiger partial charge in [0.1, 0.15) is 11.9 Å². The number of nitrogens with one attached hydrogen (secondary N) is 1. The molecule has 3 rings (SSSR count). The van der Waals surface area contributed by atoms with E-state index in [0.717, 1.165) is 4.90 Å². The van der Waals surface area contributed by atoms with Crippen molar-refractivity contribution in [2.75, 3.05) is 5.32 Å². The maximum Gasteiger partial charge on any atom is 0.256 e. The first-order valence-corrected chi connectivity index (χ1v) is 9.22. The Balaban J connectivity index is 1.89. The Morgan fingerprint density at radius 1 is 1.04 bits per heavy atom. The molecule has 0 bridgehead atoms. The van der Waals surface area contributed by atoms with Crippen molar-refractivity contribution in [1.82, 2.24) is 0 Å². The summed E-state index contributed by atoms with van der Waals surface area (Å²) in [4.78, 5) is 14.1. The number of nitrogens with zero attached hydrogens (tertiary/aromatic N) is 1. The van der Waals surface area contributed by atoms with Crippen molar-refractivity contribution in [2.24, 2.45) is 0 Å². The molecule has 128 valence electrons. The van der Waals surface area contributed by atoms with Crippen LogP contribution in [-0.4, -0.2) is 5.91 Å². The molecule has 0 aliphatic rings. The van der Waals surface area contributed by atoms with Crippen LogP contribution >= 0.6 is 27.7 Å². The first-order valence-electron chi connectivity index (χ1n) is 7.61. The number of halogens is 2. The molecule has 0 aliphatic carbocycles. The van der Waals surface area contributed by atoms with Gasteiger partial charge in [-0.15, -0.1) is 0 Å². The summed E-state index contributed by atoms with van der Waals surface area (Å²) in [6.45, 7) is 0. The second-order valence-corrected chi connectivity index (χ2v) is 7.28. The van der Waals surface area contributed by atoms with Gasteiger partial charge in [-0.05, 0) is 42.5 Å². The number of benzene rings is 3. The number of nitriles is 1. The highest BCUT2D eigenvalue weighted by Gasteiger charge is 2.15. The number of carbonyl (C=O) groups is 1. The third kappa shape index (κ3) is 4.13. The maximum atomic E-state index is 14.0. The van der Waals surface area contributed by atoms with E-state index in [9.17, 15) is 14.4 Å². The van der Waals surface area contributed by atoms with Gasteiger partial charge in [0.25, 0.3) is 5.91 Å². The topological polar surface area (TPSA) is 52.9 Å². The van der Waals surface area contributed by atoms with E-state index < -0.39 is 11.7 Å². The molecule has 1 amide bonds. The molecule has 1 N–H and O–H groups in total. The standard InChI is InChI=1S/C20H12BrFN2OS/c21-14-9-10-17(16(22)11-14)24-20(25)15-6-2-4-8-19(15)26-18-7-3-1-5-13(18)12-23/h1-11H,(H,24,25). The zero-order valence-electron chi connectivity index (χ0n) is 13.4. The molecule has 0 aromatic heterocycles. The van der Waals surface area contributed by atoms with Crippen LogP contribution in [0.3, 0.4) is 0 Å². The minimum Gasteiger partial charge on any atom is -0.319 e. The highest BCUT2D eigenvalue weighted by molar-refractivity contribution is 9.10. The first-order chi connectivity index (χ1) is 12.6. The predicted octanol–water partition coefficient (Wildman–Crippen LogP) is 5.86. The van der Waals surface area contributed by atoms with Crippen LogP contribution < -0.4 is 5.32 Å². The summed E-state index contributed by atoms with van der Waals surface area (Å²) < 4.78 is 14.6. The second kappa shape index (κ2) is 8.17. The van der Waals surface area contributed by atoms with Gasteiger partial charge in [0.15, 0.2) is 0 Å². The van der Waals surface area contributed by atoms with Crippen molar-refractivity contribution in [2.45, 2.75) is 9.79 Å². The molecule has 0 heterocycles. The lowest BCUT2D eigenvalue weighted by molar-refractivity contribution is 0.102. The number of anilines is 1. The fraction of sp³-hybridized carbons (Fsp3) is 0. The van der Waals surface area contributed by atoms with Crippen molar-refractivity contribution < 1.29 is 9.18 Å². The SMILES string of the molecule is N#Cc1ccccc1Sc1ccccc1C(=O)Nc1ccc(Br)cc1F. The van der Waals surface area contributed by atoms with Crippen molar-refractivity contribution in [3.63, 3.8) is 0 Å². The highest BCUT2D eigenvalue weighted by atomic mass is 79.9. The van der Waals surface area contributed by atoms with Crippen LogP contribution in [0.25, 0.3) is 0 Å². The Hall–Kier alpha value is -2.62. The van der Waals surface area contributed by atoms with Crippen molar-refractivity contribution in [1.29, 1.82) is 5.26 Å². The molecule has 3 nitrogen and oxygen atoms in total. The van der Waals surface area contributed by atoms with Crippen LogP contribution in [0.4, 0.5) is 10.1 Å². The molecular weight excluding hydrogens is 415 g/mol. The van der Waals surface area contributed by atoms with Crippen LogP contribution in [0.15, 0.2) is 81.0 Å². The van der Waals surface area contributed by atoms with E-state index in [-0.39, 0.29) is 5.69 Å². The maximum absolute atomic E-state index is 14.0. The molecule has 0 atom stereocenters. The van der Waals surface area contributed by atoms with Gasteiger partial charge in [-0.3, -0.25) is 4.79 Å². The van der Waals surface area contributed by atoms with Crippen LogP contribution in [0.1, 0.15) is 15.9 Å². The summed E-state index contributed by atoms with van der Waals surface area (Å²) in [5.41, 5.74) is 1.05. The minimum atomic E-state index is -0.521. The van der Waals surface area contributed by atoms with Gasteiger partial charge >= 0.3 is 0 Å². The molecule has 0 aliphatic heterocycles. The van der Waals surface area contributed by atoms with Crippen LogP contribution in [0, 0.1) is 17.1 Å². The number of rotatable bonds is 4. The average molecular weight is 427 g/mol. The van der Waals surface area contributed by atoms with Crippen LogP contribution in [-0.2, 0) is 0 Å².